The van der Waals surface area contributed by atoms with E-state index in [0.717, 1.165) is 12.8 Å². The van der Waals surface area contributed by atoms with Crippen LogP contribution < -0.4 is 5.32 Å². The van der Waals surface area contributed by atoms with Gasteiger partial charge >= 0.3 is 0 Å². The van der Waals surface area contributed by atoms with Crippen LogP contribution in [0.3, 0.4) is 0 Å². The lowest BCUT2D eigenvalue weighted by Crippen LogP contribution is -2.49. The fourth-order valence-corrected chi connectivity index (χ4v) is 2.95. The van der Waals surface area contributed by atoms with Gasteiger partial charge in [0.05, 0.1) is 13.2 Å². The fourth-order valence-electron chi connectivity index (χ4n) is 2.95. The molecule has 1 amide bonds. The van der Waals surface area contributed by atoms with E-state index in [1.807, 2.05) is 11.9 Å². The standard InChI is InChI=1S/C13H24N2O3.ClH/c1-15(13(16)9-18-6-5-17-2)12-7-10-3-4-11(8-12)14-10;/h10-12,14H,3-9H2,1-2H3;1H. The summed E-state index contributed by atoms with van der Waals surface area (Å²) < 4.78 is 10.2. The number of fused-ring (bicyclic) bond motifs is 2. The number of nitrogens with zero attached hydrogens (tertiary/aromatic N) is 1. The van der Waals surface area contributed by atoms with Crippen molar-refractivity contribution in [3.8, 4) is 0 Å². The molecular formula is C13H25ClN2O3. The lowest BCUT2D eigenvalue weighted by Gasteiger charge is -2.35. The number of amides is 1. The second-order valence-electron chi connectivity index (χ2n) is 5.31. The summed E-state index contributed by atoms with van der Waals surface area (Å²) in [7, 11) is 3.53. The highest BCUT2D eigenvalue weighted by molar-refractivity contribution is 5.85. The Hall–Kier alpha value is -0.360. The number of rotatable bonds is 6. The van der Waals surface area contributed by atoms with Crippen molar-refractivity contribution in [3.05, 3.63) is 0 Å². The Morgan fingerprint density at radius 1 is 1.26 bits per heavy atom. The molecule has 0 aromatic rings. The van der Waals surface area contributed by atoms with Gasteiger partial charge in [-0.3, -0.25) is 4.79 Å². The number of hydrogen-bond donors (Lipinski definition) is 1. The summed E-state index contributed by atoms with van der Waals surface area (Å²) in [5.74, 6) is 0.0809. The van der Waals surface area contributed by atoms with Gasteiger partial charge in [0.25, 0.3) is 0 Å². The van der Waals surface area contributed by atoms with Crippen LogP contribution in [-0.2, 0) is 14.3 Å². The third kappa shape index (κ3) is 4.60. The highest BCUT2D eigenvalue weighted by Gasteiger charge is 2.36. The van der Waals surface area contributed by atoms with Gasteiger partial charge < -0.3 is 19.7 Å². The molecule has 19 heavy (non-hydrogen) atoms. The zero-order chi connectivity index (χ0) is 13.0. The molecule has 2 aliphatic heterocycles. The van der Waals surface area contributed by atoms with Gasteiger partial charge in [0.2, 0.25) is 5.91 Å². The van der Waals surface area contributed by atoms with Crippen molar-refractivity contribution in [1.29, 1.82) is 0 Å². The van der Waals surface area contributed by atoms with E-state index in [4.69, 9.17) is 9.47 Å². The van der Waals surface area contributed by atoms with Crippen LogP contribution in [0.25, 0.3) is 0 Å². The van der Waals surface area contributed by atoms with Crippen molar-refractivity contribution >= 4 is 18.3 Å². The van der Waals surface area contributed by atoms with Crippen LogP contribution in [0, 0.1) is 0 Å². The van der Waals surface area contributed by atoms with Crippen molar-refractivity contribution in [2.45, 2.75) is 43.8 Å². The topological polar surface area (TPSA) is 50.8 Å². The molecule has 5 nitrogen and oxygen atoms in total. The molecule has 0 saturated carbocycles. The second kappa shape index (κ2) is 8.04. The van der Waals surface area contributed by atoms with E-state index in [1.54, 1.807) is 7.11 Å². The zero-order valence-corrected chi connectivity index (χ0v) is 12.6. The van der Waals surface area contributed by atoms with Gasteiger partial charge in [-0.25, -0.2) is 0 Å². The van der Waals surface area contributed by atoms with E-state index in [0.29, 0.717) is 31.3 Å². The first-order chi connectivity index (χ1) is 8.70. The zero-order valence-electron chi connectivity index (χ0n) is 11.8. The van der Waals surface area contributed by atoms with Crippen LogP contribution >= 0.6 is 12.4 Å². The molecule has 1 N–H and O–H groups in total. The monoisotopic (exact) mass is 292 g/mol. The van der Waals surface area contributed by atoms with Crippen LogP contribution in [0.2, 0.25) is 0 Å². The van der Waals surface area contributed by atoms with E-state index < -0.39 is 0 Å². The summed E-state index contributed by atoms with van der Waals surface area (Å²) in [6, 6.07) is 1.60. The molecule has 2 heterocycles. The smallest absolute Gasteiger partial charge is 0.248 e. The average Bonchev–Trinajstić information content (AvgIpc) is 2.72. The predicted molar refractivity (Wildman–Crippen MR) is 75.7 cm³/mol. The van der Waals surface area contributed by atoms with Gasteiger partial charge in [-0.15, -0.1) is 12.4 Å². The third-order valence-corrected chi connectivity index (χ3v) is 4.05. The summed E-state index contributed by atoms with van der Waals surface area (Å²) in [5.41, 5.74) is 0. The molecule has 112 valence electrons. The molecule has 0 radical (unpaired) electrons. The molecule has 2 unspecified atom stereocenters. The average molecular weight is 293 g/mol. The lowest BCUT2D eigenvalue weighted by atomic mass is 9.98. The molecule has 2 fully saturated rings. The number of hydrogen-bond acceptors (Lipinski definition) is 4. The quantitative estimate of drug-likeness (QED) is 0.736. The Bertz CT molecular complexity index is 279. The van der Waals surface area contributed by atoms with E-state index >= 15 is 0 Å². The number of ether oxygens (including phenoxy) is 2. The van der Waals surface area contributed by atoms with Gasteiger partial charge in [-0.1, -0.05) is 0 Å². The normalized spacial score (nSPS) is 28.8. The van der Waals surface area contributed by atoms with Crippen LogP contribution in [0.4, 0.5) is 0 Å². The Kier molecular flexibility index (Phi) is 7.07. The fraction of sp³-hybridized carbons (Fsp3) is 0.923. The molecular weight excluding hydrogens is 268 g/mol. The van der Waals surface area contributed by atoms with E-state index in [2.05, 4.69) is 5.32 Å². The maximum atomic E-state index is 12.0. The molecule has 0 aromatic heterocycles. The predicted octanol–water partition coefficient (Wildman–Crippen LogP) is 0.813. The van der Waals surface area contributed by atoms with Gasteiger partial charge in [-0.2, -0.15) is 0 Å². The Morgan fingerprint density at radius 3 is 2.47 bits per heavy atom. The number of carbonyl (C=O) groups excluding carboxylic acids is 1. The Labute approximate surface area is 121 Å². The van der Waals surface area contributed by atoms with Gasteiger partial charge in [-0.05, 0) is 25.7 Å². The highest BCUT2D eigenvalue weighted by Crippen LogP contribution is 2.29. The van der Waals surface area contributed by atoms with Crippen LogP contribution in [0.15, 0.2) is 0 Å². The number of halogens is 1. The number of likely N-dealkylation sites (N-methyl/N-ethyl adjacent to an activating group) is 1. The largest absolute Gasteiger partial charge is 0.382 e. The SMILES string of the molecule is COCCOCC(=O)N(C)C1CC2CCC(C1)N2.Cl. The molecule has 0 aliphatic carbocycles. The van der Waals surface area contributed by atoms with Crippen molar-refractivity contribution in [2.24, 2.45) is 0 Å². The first kappa shape index (κ1) is 16.7. The molecule has 2 atom stereocenters. The van der Waals surface area contributed by atoms with Crippen molar-refractivity contribution < 1.29 is 14.3 Å². The summed E-state index contributed by atoms with van der Waals surface area (Å²) in [6.45, 7) is 1.18. The second-order valence-corrected chi connectivity index (χ2v) is 5.31. The summed E-state index contributed by atoms with van der Waals surface area (Å²) >= 11 is 0. The van der Waals surface area contributed by atoms with Crippen molar-refractivity contribution in [1.82, 2.24) is 10.2 Å². The highest BCUT2D eigenvalue weighted by atomic mass is 35.5. The Morgan fingerprint density at radius 2 is 1.89 bits per heavy atom. The summed E-state index contributed by atoms with van der Waals surface area (Å²) in [4.78, 5) is 13.9. The van der Waals surface area contributed by atoms with Gasteiger partial charge in [0.15, 0.2) is 0 Å². The molecule has 0 spiro atoms. The molecule has 2 saturated heterocycles. The van der Waals surface area contributed by atoms with Crippen molar-refractivity contribution in [3.63, 3.8) is 0 Å². The summed E-state index contributed by atoms with van der Waals surface area (Å²) in [5, 5.41) is 3.59. The molecule has 6 heteroatoms. The minimum absolute atomic E-state index is 0. The Balaban J connectivity index is 0.00000180. The minimum atomic E-state index is 0. The number of piperidine rings is 1. The number of methoxy groups -OCH3 is 1. The van der Waals surface area contributed by atoms with Gasteiger partial charge in [0, 0.05) is 32.3 Å². The first-order valence-electron chi connectivity index (χ1n) is 6.79. The van der Waals surface area contributed by atoms with E-state index in [-0.39, 0.29) is 24.9 Å². The maximum Gasteiger partial charge on any atom is 0.248 e. The maximum absolute atomic E-state index is 12.0. The molecule has 0 aromatic carbocycles. The minimum Gasteiger partial charge on any atom is -0.382 e. The van der Waals surface area contributed by atoms with Gasteiger partial charge in [0.1, 0.15) is 6.61 Å². The number of carbonyl (C=O) groups is 1. The van der Waals surface area contributed by atoms with Crippen LogP contribution in [-0.4, -0.2) is 62.9 Å². The van der Waals surface area contributed by atoms with E-state index in [1.165, 1.54) is 12.8 Å². The molecule has 2 bridgehead atoms. The third-order valence-electron chi connectivity index (χ3n) is 4.05. The van der Waals surface area contributed by atoms with Crippen LogP contribution in [0.5, 0.6) is 0 Å². The molecule has 2 aliphatic rings. The van der Waals surface area contributed by atoms with Crippen LogP contribution in [0.1, 0.15) is 25.7 Å². The number of nitrogens with one attached hydrogen (secondary N) is 1. The molecule has 2 rings (SSSR count). The van der Waals surface area contributed by atoms with E-state index in [9.17, 15) is 4.79 Å². The summed E-state index contributed by atoms with van der Waals surface area (Å²) in [6.07, 6.45) is 4.68. The first-order valence-corrected chi connectivity index (χ1v) is 6.79. The van der Waals surface area contributed by atoms with Crippen molar-refractivity contribution in [2.75, 3.05) is 34.0 Å². The lowest BCUT2D eigenvalue weighted by molar-refractivity contribution is -0.138.